The molecule has 65 heavy (non-hydrogen) atoms. The molecule has 3 N–H and O–H groups in total. The fraction of sp³-hybridized carbons (Fsp3) is 0.816. The number of esters is 5. The van der Waals surface area contributed by atoms with Gasteiger partial charge in [-0.2, -0.15) is 0 Å². The molecule has 372 valence electrons. The molecule has 3 aliphatic heterocycles. The van der Waals surface area contributed by atoms with Crippen molar-refractivity contribution >= 4 is 29.8 Å². The van der Waals surface area contributed by atoms with Crippen LogP contribution in [0.4, 0.5) is 0 Å². The van der Waals surface area contributed by atoms with Crippen LogP contribution in [-0.4, -0.2) is 120 Å². The first kappa shape index (κ1) is 55.9. The molecule has 0 spiro atoms. The molecule has 3 rings (SSSR count). The Morgan fingerprint density at radius 1 is 0.892 bits per heavy atom. The Balaban J connectivity index is 1.86. The Kier molecular flexibility index (Phi) is 23.6. The number of unbranched alkanes of at least 4 members (excludes halogenated alkanes) is 10. The van der Waals surface area contributed by atoms with Crippen molar-refractivity contribution in [3.8, 4) is 0 Å². The molecular weight excluding hydrogens is 845 g/mol. The van der Waals surface area contributed by atoms with Gasteiger partial charge in [0.2, 0.25) is 5.79 Å². The number of hydrogen-bond donors (Lipinski definition) is 3. The number of hydrogen-bond acceptors (Lipinski definition) is 16. The summed E-state index contributed by atoms with van der Waals surface area (Å²) in [6, 6.07) is 0. The van der Waals surface area contributed by atoms with E-state index in [1.165, 1.54) is 59.0 Å². The summed E-state index contributed by atoms with van der Waals surface area (Å²) in [6.45, 7) is 12.3. The van der Waals surface area contributed by atoms with Gasteiger partial charge in [0.05, 0.1) is 57.6 Å². The number of methoxy groups -OCH3 is 1. The van der Waals surface area contributed by atoms with Gasteiger partial charge < -0.3 is 53.2 Å². The molecule has 3 aliphatic rings. The van der Waals surface area contributed by atoms with E-state index in [9.17, 15) is 39.3 Å². The summed E-state index contributed by atoms with van der Waals surface area (Å²) in [5.41, 5.74) is -2.18. The molecule has 0 saturated carbocycles. The predicted octanol–water partition coefficient (Wildman–Crippen LogP) is 7.01. The second kappa shape index (κ2) is 27.4. The lowest BCUT2D eigenvalue weighted by Gasteiger charge is -2.51. The van der Waals surface area contributed by atoms with E-state index in [4.69, 9.17) is 37.9 Å². The SMILES string of the molecule is CCCCCCCCCCCCCC(=O)OCC(C)(C)[C@@H]1C[C@@H]2CCO[C@H](C=CC(C)(C)[C@]3(O)O[C@@H](CC(=CC(=O)OC)[C@@H]3OC(=O)CC)C[C@H]([C@@H](C)O)OC(=O)C[C@H](O)CC(=O)O1)O2. The molecule has 3 heterocycles. The number of carbonyl (C=O) groups excluding carboxylic acids is 5. The highest BCUT2D eigenvalue weighted by molar-refractivity contribution is 5.83. The highest BCUT2D eigenvalue weighted by atomic mass is 16.7. The van der Waals surface area contributed by atoms with Crippen molar-refractivity contribution < 1.29 is 77.2 Å². The van der Waals surface area contributed by atoms with Crippen LogP contribution in [0.2, 0.25) is 0 Å². The summed E-state index contributed by atoms with van der Waals surface area (Å²) in [5, 5.41) is 34.3. The first-order chi connectivity index (χ1) is 30.7. The first-order valence-electron chi connectivity index (χ1n) is 24.0. The Morgan fingerprint density at radius 3 is 2.11 bits per heavy atom. The molecule has 0 unspecified atom stereocenters. The minimum Gasteiger partial charge on any atom is -0.466 e. The monoisotopic (exact) mass is 925 g/mol. The van der Waals surface area contributed by atoms with E-state index in [0.29, 0.717) is 12.8 Å². The van der Waals surface area contributed by atoms with Gasteiger partial charge in [-0.05, 0) is 37.8 Å². The zero-order chi connectivity index (χ0) is 48.2. The summed E-state index contributed by atoms with van der Waals surface area (Å²) in [5.74, 6) is -5.88. The Hall–Kier alpha value is -3.41. The molecule has 0 radical (unpaired) electrons. The number of fused-ring (bicyclic) bond motifs is 4. The Bertz CT molecular complexity index is 1570. The summed E-state index contributed by atoms with van der Waals surface area (Å²) >= 11 is 0. The maximum absolute atomic E-state index is 13.4. The van der Waals surface area contributed by atoms with Gasteiger partial charge in [-0.3, -0.25) is 19.2 Å². The van der Waals surface area contributed by atoms with Gasteiger partial charge >= 0.3 is 29.8 Å². The molecule has 0 amide bonds. The van der Waals surface area contributed by atoms with Crippen molar-refractivity contribution in [1.82, 2.24) is 0 Å². The second-order valence-corrected chi connectivity index (χ2v) is 19.2. The zero-order valence-corrected chi connectivity index (χ0v) is 40.3. The fourth-order valence-corrected chi connectivity index (χ4v) is 8.25. The number of cyclic esters (lactones) is 2. The smallest absolute Gasteiger partial charge is 0.330 e. The Morgan fingerprint density at radius 2 is 1.51 bits per heavy atom. The standard InChI is InChI=1S/C49H80O16/c1-9-11-12-13-14-15-16-17-18-19-20-21-41(53)60-32-47(4,5)39-31-36-23-25-59-45(61-36)22-24-48(6,7)49(57)46(64-40(52)10-2)34(27-42(54)58-8)26-37(65-49)30-38(33(3)50)62-43(55)28-35(51)29-44(56)63-39/h22,24,27,33,35-39,45-46,50-51,57H,9-21,23,25-26,28-32H2,1-8H3/t33-,35+,36+,37+,38-,39+,45+,46+,49-/m1/s1. The van der Waals surface area contributed by atoms with E-state index < -0.39 is 102 Å². The third-order valence-corrected chi connectivity index (χ3v) is 12.5. The summed E-state index contributed by atoms with van der Waals surface area (Å²) in [4.78, 5) is 65.1. The number of aliphatic hydroxyl groups excluding tert-OH is 2. The second-order valence-electron chi connectivity index (χ2n) is 19.2. The van der Waals surface area contributed by atoms with E-state index in [2.05, 4.69) is 6.92 Å². The average Bonchev–Trinajstić information content (AvgIpc) is 3.24. The van der Waals surface area contributed by atoms with Gasteiger partial charge in [-0.25, -0.2) is 4.79 Å². The average molecular weight is 925 g/mol. The van der Waals surface area contributed by atoms with Gasteiger partial charge in [-0.1, -0.05) is 112 Å². The van der Waals surface area contributed by atoms with E-state index in [-0.39, 0.29) is 56.9 Å². The summed E-state index contributed by atoms with van der Waals surface area (Å²) in [6.07, 6.45) is 7.44. The maximum Gasteiger partial charge on any atom is 0.330 e. The molecule has 16 nitrogen and oxygen atoms in total. The predicted molar refractivity (Wildman–Crippen MR) is 239 cm³/mol. The van der Waals surface area contributed by atoms with Crippen molar-refractivity contribution in [1.29, 1.82) is 0 Å². The van der Waals surface area contributed by atoms with Gasteiger partial charge in [0.25, 0.3) is 0 Å². The van der Waals surface area contributed by atoms with Crippen LogP contribution < -0.4 is 0 Å². The van der Waals surface area contributed by atoms with Crippen molar-refractivity contribution in [3.63, 3.8) is 0 Å². The first-order valence-corrected chi connectivity index (χ1v) is 24.0. The van der Waals surface area contributed by atoms with Gasteiger partial charge in [0.15, 0.2) is 12.4 Å². The van der Waals surface area contributed by atoms with Gasteiger partial charge in [0.1, 0.15) is 12.2 Å². The molecule has 9 atom stereocenters. The summed E-state index contributed by atoms with van der Waals surface area (Å²) < 4.78 is 46.7. The van der Waals surface area contributed by atoms with Crippen molar-refractivity contribution in [2.24, 2.45) is 10.8 Å². The lowest BCUT2D eigenvalue weighted by atomic mass is 9.74. The van der Waals surface area contributed by atoms with E-state index >= 15 is 0 Å². The minimum atomic E-state index is -2.36. The molecular formula is C49H80O16. The van der Waals surface area contributed by atoms with E-state index in [1.807, 2.05) is 13.8 Å². The fourth-order valence-electron chi connectivity index (χ4n) is 8.25. The summed E-state index contributed by atoms with van der Waals surface area (Å²) in [7, 11) is 1.18. The number of aliphatic hydroxyl groups is 3. The minimum absolute atomic E-state index is 0.0518. The normalized spacial score (nSPS) is 29.2. The number of ether oxygens (including phenoxy) is 8. The van der Waals surface area contributed by atoms with Crippen LogP contribution in [0.15, 0.2) is 23.8 Å². The highest BCUT2D eigenvalue weighted by Crippen LogP contribution is 2.47. The van der Waals surface area contributed by atoms with Crippen LogP contribution in [0.3, 0.4) is 0 Å². The molecule has 0 aliphatic carbocycles. The van der Waals surface area contributed by atoms with Crippen LogP contribution in [-0.2, 0) is 61.9 Å². The van der Waals surface area contributed by atoms with Crippen LogP contribution >= 0.6 is 0 Å². The van der Waals surface area contributed by atoms with Crippen LogP contribution in [0.1, 0.15) is 170 Å². The third-order valence-electron chi connectivity index (χ3n) is 12.5. The largest absolute Gasteiger partial charge is 0.466 e. The van der Waals surface area contributed by atoms with Gasteiger partial charge in [-0.15, -0.1) is 0 Å². The van der Waals surface area contributed by atoms with Crippen LogP contribution in [0.5, 0.6) is 0 Å². The Labute approximate surface area is 386 Å². The van der Waals surface area contributed by atoms with E-state index in [1.54, 1.807) is 32.9 Å². The zero-order valence-electron chi connectivity index (χ0n) is 40.3. The third kappa shape index (κ3) is 18.7. The number of rotatable bonds is 19. The van der Waals surface area contributed by atoms with Crippen molar-refractivity contribution in [2.75, 3.05) is 20.3 Å². The molecule has 0 aromatic heterocycles. The van der Waals surface area contributed by atoms with Crippen LogP contribution in [0.25, 0.3) is 0 Å². The molecule has 4 bridgehead atoms. The lowest BCUT2D eigenvalue weighted by molar-refractivity contribution is -0.327. The van der Waals surface area contributed by atoms with E-state index in [0.717, 1.165) is 25.3 Å². The molecule has 2 saturated heterocycles. The maximum atomic E-state index is 13.4. The number of carbonyl (C=O) groups is 5. The molecule has 16 heteroatoms. The molecule has 2 fully saturated rings. The lowest BCUT2D eigenvalue weighted by Crippen LogP contribution is -2.62. The quantitative estimate of drug-likeness (QED) is 0.0390. The van der Waals surface area contributed by atoms with Crippen LogP contribution in [0, 0.1) is 10.8 Å². The topological polar surface area (TPSA) is 220 Å². The van der Waals surface area contributed by atoms with Gasteiger partial charge in [0, 0.05) is 42.6 Å². The van der Waals surface area contributed by atoms with Crippen molar-refractivity contribution in [3.05, 3.63) is 23.8 Å². The van der Waals surface area contributed by atoms with Crippen molar-refractivity contribution in [2.45, 2.75) is 225 Å². The molecule has 0 aromatic carbocycles. The highest BCUT2D eigenvalue weighted by Gasteiger charge is 2.57. The molecule has 0 aromatic rings.